The molecule has 2 aromatic heterocycles. The molecule has 1 saturated heterocycles. The van der Waals surface area contributed by atoms with E-state index < -0.39 is 12.0 Å². The summed E-state index contributed by atoms with van der Waals surface area (Å²) in [6, 6.07) is 8.43. The van der Waals surface area contributed by atoms with Crippen LogP contribution in [0.2, 0.25) is 5.02 Å². The lowest BCUT2D eigenvalue weighted by atomic mass is 10.2. The number of rotatable bonds is 2. The highest BCUT2D eigenvalue weighted by molar-refractivity contribution is 6.30. The summed E-state index contributed by atoms with van der Waals surface area (Å²) < 4.78 is 40.3. The second-order valence-corrected chi connectivity index (χ2v) is 7.48. The molecule has 1 amide bonds. The molecule has 0 aliphatic carbocycles. The highest BCUT2D eigenvalue weighted by atomic mass is 35.5. The third kappa shape index (κ3) is 4.04. The second kappa shape index (κ2) is 7.75. The van der Waals surface area contributed by atoms with Gasteiger partial charge in [-0.2, -0.15) is 22.7 Å². The minimum atomic E-state index is -4.65. The smallest absolute Gasteiger partial charge is 0.355 e. The number of carbonyl (C=O) groups excluding carboxylic acids is 1. The number of amides is 1. The molecule has 0 saturated carbocycles. The van der Waals surface area contributed by atoms with Crippen LogP contribution in [-0.2, 0) is 6.18 Å². The van der Waals surface area contributed by atoms with Crippen LogP contribution in [0.4, 0.5) is 19.0 Å². The van der Waals surface area contributed by atoms with Gasteiger partial charge in [0, 0.05) is 48.5 Å². The number of hydrogen-bond donors (Lipinski definition) is 0. The Morgan fingerprint density at radius 2 is 1.90 bits per heavy atom. The number of hydrogen-bond acceptors (Lipinski definition) is 5. The lowest BCUT2D eigenvalue weighted by Crippen LogP contribution is -2.35. The molecule has 0 atom stereocenters. The van der Waals surface area contributed by atoms with Crippen molar-refractivity contribution in [2.24, 2.45) is 0 Å². The summed E-state index contributed by atoms with van der Waals surface area (Å²) in [6.45, 7) is 3.62. The molecule has 0 unspecified atom stereocenters. The maximum atomic E-state index is 13.1. The van der Waals surface area contributed by atoms with Crippen molar-refractivity contribution in [1.29, 1.82) is 0 Å². The standard InChI is InChI=1S/C19H18ClF3N6O/c1-12-10-15(29-18(24-12)25-17(26-29)19(21,22)23)27-6-3-7-28(9-8-27)16(30)13-4-2-5-14(20)11-13/h2,4-5,10-11H,3,6-9H2,1H3. The van der Waals surface area contributed by atoms with Crippen LogP contribution >= 0.6 is 11.6 Å². The molecule has 1 aromatic carbocycles. The number of nitrogens with zero attached hydrogens (tertiary/aromatic N) is 6. The second-order valence-electron chi connectivity index (χ2n) is 7.04. The molecule has 3 heterocycles. The predicted octanol–water partition coefficient (Wildman–Crippen LogP) is 3.46. The van der Waals surface area contributed by atoms with Gasteiger partial charge in [0.1, 0.15) is 5.82 Å². The number of benzene rings is 1. The first-order chi connectivity index (χ1) is 14.2. The SMILES string of the molecule is Cc1cc(N2CCCN(C(=O)c3cccc(Cl)c3)CC2)n2nc(C(F)(F)F)nc2n1. The van der Waals surface area contributed by atoms with Gasteiger partial charge >= 0.3 is 6.18 Å². The maximum Gasteiger partial charge on any atom is 0.453 e. The van der Waals surface area contributed by atoms with E-state index in [9.17, 15) is 18.0 Å². The van der Waals surface area contributed by atoms with Crippen LogP contribution < -0.4 is 4.90 Å². The normalized spacial score (nSPS) is 15.5. The average molecular weight is 439 g/mol. The average Bonchev–Trinajstić information content (AvgIpc) is 2.97. The first-order valence-electron chi connectivity index (χ1n) is 9.34. The molecule has 0 spiro atoms. The summed E-state index contributed by atoms with van der Waals surface area (Å²) in [5.41, 5.74) is 1.04. The van der Waals surface area contributed by atoms with Crippen molar-refractivity contribution in [3.8, 4) is 0 Å². The monoisotopic (exact) mass is 438 g/mol. The molecule has 1 aliphatic heterocycles. The Labute approximate surface area is 175 Å². The summed E-state index contributed by atoms with van der Waals surface area (Å²) in [4.78, 5) is 24.0. The van der Waals surface area contributed by atoms with Crippen LogP contribution in [0.3, 0.4) is 0 Å². The minimum absolute atomic E-state index is 0.103. The van der Waals surface area contributed by atoms with E-state index in [-0.39, 0.29) is 11.7 Å². The fraction of sp³-hybridized carbons (Fsp3) is 0.368. The van der Waals surface area contributed by atoms with Crippen molar-refractivity contribution in [2.75, 3.05) is 31.1 Å². The highest BCUT2D eigenvalue weighted by Gasteiger charge is 2.37. The van der Waals surface area contributed by atoms with Gasteiger partial charge in [-0.05, 0) is 31.5 Å². The van der Waals surface area contributed by atoms with E-state index in [0.717, 1.165) is 4.52 Å². The van der Waals surface area contributed by atoms with Crippen molar-refractivity contribution >= 4 is 29.1 Å². The number of halogens is 4. The van der Waals surface area contributed by atoms with E-state index in [0.29, 0.717) is 54.7 Å². The molecule has 4 rings (SSSR count). The Hall–Kier alpha value is -2.88. The topological polar surface area (TPSA) is 66.6 Å². The molecular weight excluding hydrogens is 421 g/mol. The molecule has 0 bridgehead atoms. The molecule has 11 heteroatoms. The first kappa shape index (κ1) is 20.4. The zero-order valence-electron chi connectivity index (χ0n) is 16.0. The van der Waals surface area contributed by atoms with Crippen molar-refractivity contribution in [2.45, 2.75) is 19.5 Å². The number of fused-ring (bicyclic) bond motifs is 1. The molecule has 30 heavy (non-hydrogen) atoms. The molecule has 0 N–H and O–H groups in total. The maximum absolute atomic E-state index is 13.1. The van der Waals surface area contributed by atoms with Crippen LogP contribution in [0.25, 0.3) is 5.78 Å². The lowest BCUT2D eigenvalue weighted by molar-refractivity contribution is -0.144. The van der Waals surface area contributed by atoms with Gasteiger partial charge < -0.3 is 9.80 Å². The largest absolute Gasteiger partial charge is 0.453 e. The Morgan fingerprint density at radius 1 is 1.10 bits per heavy atom. The summed E-state index contributed by atoms with van der Waals surface area (Å²) >= 11 is 5.99. The number of aromatic nitrogens is 4. The van der Waals surface area contributed by atoms with E-state index in [1.165, 1.54) is 0 Å². The fourth-order valence-corrected chi connectivity index (χ4v) is 3.66. The number of aryl methyl sites for hydroxylation is 1. The number of anilines is 1. The minimum Gasteiger partial charge on any atom is -0.355 e. The molecule has 158 valence electrons. The van der Waals surface area contributed by atoms with E-state index >= 15 is 0 Å². The van der Waals surface area contributed by atoms with Crippen molar-refractivity contribution in [1.82, 2.24) is 24.5 Å². The molecule has 0 radical (unpaired) electrons. The summed E-state index contributed by atoms with van der Waals surface area (Å²) in [5, 5.41) is 4.11. The van der Waals surface area contributed by atoms with Gasteiger partial charge in [-0.15, -0.1) is 5.10 Å². The summed E-state index contributed by atoms with van der Waals surface area (Å²) in [7, 11) is 0. The lowest BCUT2D eigenvalue weighted by Gasteiger charge is -2.24. The quantitative estimate of drug-likeness (QED) is 0.613. The predicted molar refractivity (Wildman–Crippen MR) is 105 cm³/mol. The zero-order chi connectivity index (χ0) is 21.5. The molecule has 7 nitrogen and oxygen atoms in total. The van der Waals surface area contributed by atoms with Crippen LogP contribution in [0.5, 0.6) is 0 Å². The Morgan fingerprint density at radius 3 is 2.63 bits per heavy atom. The summed E-state index contributed by atoms with van der Waals surface area (Å²) in [6.07, 6.45) is -4.01. The first-order valence-corrected chi connectivity index (χ1v) is 9.71. The van der Waals surface area contributed by atoms with Crippen LogP contribution in [0.1, 0.15) is 28.3 Å². The van der Waals surface area contributed by atoms with Crippen LogP contribution in [0.15, 0.2) is 30.3 Å². The van der Waals surface area contributed by atoms with Crippen molar-refractivity contribution in [3.63, 3.8) is 0 Å². The van der Waals surface area contributed by atoms with Gasteiger partial charge in [-0.3, -0.25) is 4.79 Å². The van der Waals surface area contributed by atoms with E-state index in [2.05, 4.69) is 15.1 Å². The van der Waals surface area contributed by atoms with Gasteiger partial charge in [0.2, 0.25) is 0 Å². The zero-order valence-corrected chi connectivity index (χ0v) is 16.8. The van der Waals surface area contributed by atoms with Crippen LogP contribution in [0, 0.1) is 6.92 Å². The Balaban J connectivity index is 1.59. The van der Waals surface area contributed by atoms with Gasteiger partial charge in [0.05, 0.1) is 0 Å². The van der Waals surface area contributed by atoms with Gasteiger partial charge in [0.15, 0.2) is 0 Å². The van der Waals surface area contributed by atoms with Crippen LogP contribution in [-0.4, -0.2) is 56.6 Å². The Kier molecular flexibility index (Phi) is 5.27. The number of carbonyl (C=O) groups is 1. The molecule has 1 aliphatic rings. The van der Waals surface area contributed by atoms with E-state index in [1.807, 2.05) is 4.90 Å². The number of alkyl halides is 3. The fourth-order valence-electron chi connectivity index (χ4n) is 3.47. The van der Waals surface area contributed by atoms with E-state index in [1.54, 1.807) is 42.2 Å². The van der Waals surface area contributed by atoms with Gasteiger partial charge in [-0.25, -0.2) is 4.98 Å². The third-order valence-corrected chi connectivity index (χ3v) is 5.09. The Bertz CT molecular complexity index is 1100. The molecule has 1 fully saturated rings. The molecule has 3 aromatic rings. The summed E-state index contributed by atoms with van der Waals surface area (Å²) in [5.74, 6) is -0.990. The third-order valence-electron chi connectivity index (χ3n) is 4.85. The molecular formula is C19H18ClF3N6O. The van der Waals surface area contributed by atoms with Gasteiger partial charge in [0.25, 0.3) is 17.5 Å². The van der Waals surface area contributed by atoms with Crippen molar-refractivity contribution in [3.05, 3.63) is 52.4 Å². The highest BCUT2D eigenvalue weighted by Crippen LogP contribution is 2.28. The van der Waals surface area contributed by atoms with E-state index in [4.69, 9.17) is 11.6 Å². The van der Waals surface area contributed by atoms with Gasteiger partial charge in [-0.1, -0.05) is 17.7 Å². The van der Waals surface area contributed by atoms with Crippen molar-refractivity contribution < 1.29 is 18.0 Å².